The van der Waals surface area contributed by atoms with Gasteiger partial charge in [0.2, 0.25) is 5.91 Å². The van der Waals surface area contributed by atoms with E-state index in [1.165, 1.54) is 37.0 Å². The summed E-state index contributed by atoms with van der Waals surface area (Å²) in [7, 11) is 0. The van der Waals surface area contributed by atoms with Crippen molar-refractivity contribution in [2.24, 2.45) is 5.92 Å². The van der Waals surface area contributed by atoms with Crippen molar-refractivity contribution in [3.05, 3.63) is 28.0 Å². The summed E-state index contributed by atoms with van der Waals surface area (Å²) in [5.41, 5.74) is 0. The molecule has 0 unspecified atom stereocenters. The Morgan fingerprint density at radius 3 is 2.81 bits per heavy atom. The molecule has 1 amide bonds. The number of carboxylic acids is 1. The minimum absolute atomic E-state index is 0.109. The predicted octanol–water partition coefficient (Wildman–Crippen LogP) is 3.43. The van der Waals surface area contributed by atoms with Crippen LogP contribution in [0.1, 0.15) is 48.3 Å². The third-order valence-corrected chi connectivity index (χ3v) is 4.84. The zero-order valence-electron chi connectivity index (χ0n) is 12.0. The van der Waals surface area contributed by atoms with Gasteiger partial charge in [0.05, 0.1) is 6.54 Å². The smallest absolute Gasteiger partial charge is 0.328 e. The zero-order chi connectivity index (χ0) is 15.1. The van der Waals surface area contributed by atoms with E-state index in [4.69, 9.17) is 5.11 Å². The fourth-order valence-electron chi connectivity index (χ4n) is 2.64. The topological polar surface area (TPSA) is 66.4 Å². The number of carboxylic acid groups (broad SMARTS) is 1. The highest BCUT2D eigenvalue weighted by Crippen LogP contribution is 2.28. The Hall–Kier alpha value is -1.62. The third-order valence-electron chi connectivity index (χ3n) is 3.79. The maximum absolute atomic E-state index is 11.8. The number of carbonyl (C=O) groups excluding carboxylic acids is 1. The van der Waals surface area contributed by atoms with Crippen LogP contribution >= 0.6 is 11.3 Å². The molecule has 0 aromatic carbocycles. The van der Waals surface area contributed by atoms with Crippen molar-refractivity contribution in [3.8, 4) is 0 Å². The van der Waals surface area contributed by atoms with E-state index >= 15 is 0 Å². The number of amides is 1. The lowest BCUT2D eigenvalue weighted by Gasteiger charge is -2.08. The molecule has 0 atom stereocenters. The molecule has 1 fully saturated rings. The average molecular weight is 307 g/mol. The van der Waals surface area contributed by atoms with E-state index < -0.39 is 5.97 Å². The molecule has 0 aliphatic heterocycles. The molecular formula is C16H21NO3S. The molecule has 2 rings (SSSR count). The Balaban J connectivity index is 1.69. The number of hydrogen-bond donors (Lipinski definition) is 2. The van der Waals surface area contributed by atoms with Gasteiger partial charge < -0.3 is 10.4 Å². The zero-order valence-corrected chi connectivity index (χ0v) is 12.8. The molecule has 2 N–H and O–H groups in total. The van der Waals surface area contributed by atoms with Gasteiger partial charge in [-0.3, -0.25) is 4.79 Å². The first kappa shape index (κ1) is 15.8. The molecule has 1 aromatic heterocycles. The van der Waals surface area contributed by atoms with Gasteiger partial charge in [0.25, 0.3) is 0 Å². The molecule has 0 bridgehead atoms. The number of aliphatic carboxylic acids is 1. The summed E-state index contributed by atoms with van der Waals surface area (Å²) in [4.78, 5) is 24.2. The largest absolute Gasteiger partial charge is 0.478 e. The van der Waals surface area contributed by atoms with Gasteiger partial charge in [0, 0.05) is 22.3 Å². The van der Waals surface area contributed by atoms with Crippen LogP contribution < -0.4 is 5.32 Å². The second kappa shape index (κ2) is 7.98. The number of carbonyl (C=O) groups is 2. The predicted molar refractivity (Wildman–Crippen MR) is 84.0 cm³/mol. The molecule has 1 aromatic rings. The fraction of sp³-hybridized carbons (Fsp3) is 0.500. The summed E-state index contributed by atoms with van der Waals surface area (Å²) < 4.78 is 0. The van der Waals surface area contributed by atoms with Gasteiger partial charge in [-0.1, -0.05) is 25.7 Å². The van der Waals surface area contributed by atoms with E-state index in [1.54, 1.807) is 6.08 Å². The Labute approximate surface area is 128 Å². The third kappa shape index (κ3) is 5.71. The van der Waals surface area contributed by atoms with Crippen molar-refractivity contribution in [3.63, 3.8) is 0 Å². The highest BCUT2D eigenvalue weighted by Gasteiger charge is 2.16. The lowest BCUT2D eigenvalue weighted by Crippen LogP contribution is -2.22. The minimum Gasteiger partial charge on any atom is -0.478 e. The minimum atomic E-state index is -0.954. The van der Waals surface area contributed by atoms with Crippen molar-refractivity contribution in [1.29, 1.82) is 0 Å². The maximum atomic E-state index is 11.8. The summed E-state index contributed by atoms with van der Waals surface area (Å²) in [6, 6.07) is 3.79. The van der Waals surface area contributed by atoms with Gasteiger partial charge in [0.15, 0.2) is 0 Å². The quantitative estimate of drug-likeness (QED) is 0.758. The van der Waals surface area contributed by atoms with Crippen LogP contribution in [0.3, 0.4) is 0 Å². The van der Waals surface area contributed by atoms with Crippen molar-refractivity contribution >= 4 is 29.3 Å². The second-order valence-electron chi connectivity index (χ2n) is 5.44. The summed E-state index contributed by atoms with van der Waals surface area (Å²) in [5.74, 6) is -0.103. The van der Waals surface area contributed by atoms with Crippen LogP contribution in [0.15, 0.2) is 18.2 Å². The normalized spacial score (nSPS) is 15.6. The molecular weight excluding hydrogens is 286 g/mol. The van der Waals surface area contributed by atoms with Crippen molar-refractivity contribution in [2.45, 2.75) is 45.1 Å². The molecule has 1 heterocycles. The first-order chi connectivity index (χ1) is 10.1. The van der Waals surface area contributed by atoms with Crippen LogP contribution in [0, 0.1) is 5.92 Å². The first-order valence-corrected chi connectivity index (χ1v) is 8.21. The fourth-order valence-corrected chi connectivity index (χ4v) is 3.50. The molecule has 5 heteroatoms. The van der Waals surface area contributed by atoms with Crippen LogP contribution in [-0.2, 0) is 16.1 Å². The van der Waals surface area contributed by atoms with Crippen LogP contribution in [0.4, 0.5) is 0 Å². The summed E-state index contributed by atoms with van der Waals surface area (Å²) in [6.07, 6.45) is 9.48. The lowest BCUT2D eigenvalue weighted by atomic mass is 10.0. The Kier molecular flexibility index (Phi) is 5.99. The molecule has 21 heavy (non-hydrogen) atoms. The van der Waals surface area contributed by atoms with Gasteiger partial charge >= 0.3 is 5.97 Å². The molecule has 4 nitrogen and oxygen atoms in total. The molecule has 114 valence electrons. The molecule has 0 radical (unpaired) electrons. The Morgan fingerprint density at radius 2 is 2.10 bits per heavy atom. The van der Waals surface area contributed by atoms with E-state index in [0.29, 0.717) is 13.0 Å². The van der Waals surface area contributed by atoms with Crippen LogP contribution in [0.25, 0.3) is 6.08 Å². The Bertz CT molecular complexity index is 515. The molecule has 1 aliphatic rings. The standard InChI is InChI=1S/C16H21NO3S/c18-15(9-5-12-3-1-2-4-12)17-11-14-7-6-13(21-14)8-10-16(19)20/h6-8,10,12H,1-5,9,11H2,(H,17,18)(H,19,20). The van der Waals surface area contributed by atoms with Gasteiger partial charge in [-0.2, -0.15) is 0 Å². The van der Waals surface area contributed by atoms with Crippen molar-refractivity contribution in [2.75, 3.05) is 0 Å². The van der Waals surface area contributed by atoms with Crippen LogP contribution in [-0.4, -0.2) is 17.0 Å². The monoisotopic (exact) mass is 307 g/mol. The van der Waals surface area contributed by atoms with Gasteiger partial charge in [0.1, 0.15) is 0 Å². The van der Waals surface area contributed by atoms with E-state index in [2.05, 4.69) is 5.32 Å². The molecule has 0 saturated heterocycles. The van der Waals surface area contributed by atoms with Gasteiger partial charge in [-0.15, -0.1) is 11.3 Å². The van der Waals surface area contributed by atoms with Gasteiger partial charge in [-0.05, 0) is 30.5 Å². The second-order valence-corrected chi connectivity index (χ2v) is 6.64. The number of thiophene rings is 1. The lowest BCUT2D eigenvalue weighted by molar-refractivity contribution is -0.131. The molecule has 0 spiro atoms. The van der Waals surface area contributed by atoms with Crippen LogP contribution in [0.2, 0.25) is 0 Å². The molecule has 1 aliphatic carbocycles. The first-order valence-electron chi connectivity index (χ1n) is 7.40. The SMILES string of the molecule is O=C(O)C=Cc1ccc(CNC(=O)CCC2CCCC2)s1. The highest BCUT2D eigenvalue weighted by atomic mass is 32.1. The van der Waals surface area contributed by atoms with Crippen LogP contribution in [0.5, 0.6) is 0 Å². The van der Waals surface area contributed by atoms with Crippen molar-refractivity contribution in [1.82, 2.24) is 5.32 Å². The maximum Gasteiger partial charge on any atom is 0.328 e. The van der Waals surface area contributed by atoms with Crippen molar-refractivity contribution < 1.29 is 14.7 Å². The number of rotatable bonds is 7. The Morgan fingerprint density at radius 1 is 1.33 bits per heavy atom. The summed E-state index contributed by atoms with van der Waals surface area (Å²) in [6.45, 7) is 0.523. The average Bonchev–Trinajstić information content (AvgIpc) is 3.12. The number of nitrogens with one attached hydrogen (secondary N) is 1. The summed E-state index contributed by atoms with van der Waals surface area (Å²) >= 11 is 1.50. The number of hydrogen-bond acceptors (Lipinski definition) is 3. The van der Waals surface area contributed by atoms with E-state index in [-0.39, 0.29) is 5.91 Å². The molecule has 1 saturated carbocycles. The van der Waals surface area contributed by atoms with E-state index in [1.807, 2.05) is 12.1 Å². The highest BCUT2D eigenvalue weighted by molar-refractivity contribution is 7.12. The van der Waals surface area contributed by atoms with E-state index in [0.717, 1.165) is 28.2 Å². The van der Waals surface area contributed by atoms with E-state index in [9.17, 15) is 9.59 Å². The van der Waals surface area contributed by atoms with Gasteiger partial charge in [-0.25, -0.2) is 4.79 Å². The summed E-state index contributed by atoms with van der Waals surface area (Å²) in [5, 5.41) is 11.5.